The third-order valence-electron chi connectivity index (χ3n) is 5.05. The van der Waals surface area contributed by atoms with Crippen LogP contribution in [0.1, 0.15) is 23.6 Å². The number of hydrogen-bond acceptors (Lipinski definition) is 5. The molecule has 9 heteroatoms. The van der Waals surface area contributed by atoms with Crippen molar-refractivity contribution in [3.8, 4) is 11.5 Å². The molecule has 0 saturated carbocycles. The minimum Gasteiger partial charge on any atom is -0.490 e. The summed E-state index contributed by atoms with van der Waals surface area (Å²) in [5, 5.41) is 0.667. The zero-order valence-electron chi connectivity index (χ0n) is 18.6. The molecule has 5 nitrogen and oxygen atoms in total. The van der Waals surface area contributed by atoms with Crippen LogP contribution in [0.25, 0.3) is 6.08 Å². The fourth-order valence-electron chi connectivity index (χ4n) is 3.37. The van der Waals surface area contributed by atoms with Crippen molar-refractivity contribution in [2.45, 2.75) is 20.1 Å². The second-order valence-corrected chi connectivity index (χ2v) is 10.3. The molecule has 1 aliphatic rings. The molecule has 3 aromatic rings. The van der Waals surface area contributed by atoms with Crippen molar-refractivity contribution >= 4 is 68.1 Å². The number of nitrogens with zero attached hydrogens (tertiary/aromatic N) is 1. The topological polar surface area (TPSA) is 55.8 Å². The molecule has 1 heterocycles. The molecule has 3 aromatic carbocycles. The summed E-state index contributed by atoms with van der Waals surface area (Å²) in [5.74, 6) is 0.512. The minimum atomic E-state index is -0.347. The Balaban J connectivity index is 1.54. The van der Waals surface area contributed by atoms with Gasteiger partial charge in [0.2, 0.25) is 0 Å². The number of rotatable bonds is 8. The van der Waals surface area contributed by atoms with Crippen LogP contribution < -0.4 is 9.47 Å². The van der Waals surface area contributed by atoms with Crippen molar-refractivity contribution in [2.24, 2.45) is 0 Å². The van der Waals surface area contributed by atoms with Crippen LogP contribution in [0.5, 0.6) is 11.5 Å². The van der Waals surface area contributed by atoms with Crippen molar-refractivity contribution in [3.05, 3.63) is 96.8 Å². The van der Waals surface area contributed by atoms with Gasteiger partial charge in [0.05, 0.1) is 23.1 Å². The molecule has 4 rings (SSSR count). The number of imide groups is 1. The first kappa shape index (κ1) is 25.6. The maximum absolute atomic E-state index is 12.9. The molecule has 0 N–H and O–H groups in total. The van der Waals surface area contributed by atoms with E-state index in [0.717, 1.165) is 27.4 Å². The van der Waals surface area contributed by atoms with E-state index in [1.807, 2.05) is 43.3 Å². The Hall–Kier alpha value is -2.45. The first-order valence-electron chi connectivity index (χ1n) is 10.7. The van der Waals surface area contributed by atoms with Crippen LogP contribution in [-0.4, -0.2) is 22.7 Å². The Labute approximate surface area is 226 Å². The van der Waals surface area contributed by atoms with Crippen LogP contribution in [0, 0.1) is 0 Å². The Kier molecular flexibility index (Phi) is 8.44. The molecule has 0 unspecified atom stereocenters. The Morgan fingerprint density at radius 2 is 1.66 bits per heavy atom. The molecule has 0 radical (unpaired) electrons. The molecule has 0 aromatic heterocycles. The van der Waals surface area contributed by atoms with Crippen LogP contribution in [-0.2, 0) is 17.9 Å². The van der Waals surface area contributed by atoms with Gasteiger partial charge in [-0.2, -0.15) is 0 Å². The van der Waals surface area contributed by atoms with Gasteiger partial charge in [0.15, 0.2) is 11.5 Å². The van der Waals surface area contributed by atoms with Crippen LogP contribution in [0.15, 0.2) is 70.0 Å². The highest BCUT2D eigenvalue weighted by molar-refractivity contribution is 9.10. The largest absolute Gasteiger partial charge is 0.490 e. The van der Waals surface area contributed by atoms with Crippen molar-refractivity contribution in [3.63, 3.8) is 0 Å². The second kappa shape index (κ2) is 11.5. The second-order valence-electron chi connectivity index (χ2n) is 7.57. The standard InChI is InChI=1S/C26H20BrCl2NO4S/c1-2-33-22-12-18(11-21(29)24(22)34-15-17-5-9-20(28)10-6-17)13-23-25(31)30(26(32)35-23)14-16-3-7-19(27)8-4-16/h3-13H,2,14-15H2,1H3/b23-13-. The smallest absolute Gasteiger partial charge is 0.293 e. The molecule has 0 aliphatic carbocycles. The molecule has 0 spiro atoms. The van der Waals surface area contributed by atoms with E-state index in [1.54, 1.807) is 30.3 Å². The third kappa shape index (κ3) is 6.41. The lowest BCUT2D eigenvalue weighted by Gasteiger charge is -2.15. The molecular weight excluding hydrogens is 573 g/mol. The summed E-state index contributed by atoms with van der Waals surface area (Å²) in [6.07, 6.45) is 1.64. The predicted molar refractivity (Wildman–Crippen MR) is 144 cm³/mol. The molecule has 1 fully saturated rings. The zero-order chi connectivity index (χ0) is 24.9. The summed E-state index contributed by atoms with van der Waals surface area (Å²) >= 11 is 16.8. The van der Waals surface area contributed by atoms with E-state index in [1.165, 1.54) is 4.90 Å². The average molecular weight is 593 g/mol. The van der Waals surface area contributed by atoms with E-state index in [2.05, 4.69) is 15.9 Å². The van der Waals surface area contributed by atoms with Gasteiger partial charge in [-0.05, 0) is 77.9 Å². The van der Waals surface area contributed by atoms with Crippen molar-refractivity contribution in [1.29, 1.82) is 0 Å². The Morgan fingerprint density at radius 1 is 0.971 bits per heavy atom. The Morgan fingerprint density at radius 3 is 2.34 bits per heavy atom. The first-order valence-corrected chi connectivity index (χ1v) is 13.0. The molecular formula is C26H20BrCl2NO4S. The van der Waals surface area contributed by atoms with Crippen molar-refractivity contribution in [2.75, 3.05) is 6.61 Å². The van der Waals surface area contributed by atoms with Gasteiger partial charge in [0.1, 0.15) is 6.61 Å². The third-order valence-corrected chi connectivity index (χ3v) is 7.02. The number of ether oxygens (including phenoxy) is 2. The van der Waals surface area contributed by atoms with Crippen LogP contribution >= 0.6 is 50.9 Å². The summed E-state index contributed by atoms with van der Waals surface area (Å²) in [4.78, 5) is 27.0. The van der Waals surface area contributed by atoms with Gasteiger partial charge in [-0.3, -0.25) is 14.5 Å². The van der Waals surface area contributed by atoms with Crippen molar-refractivity contribution in [1.82, 2.24) is 4.90 Å². The fraction of sp³-hybridized carbons (Fsp3) is 0.154. The summed E-state index contributed by atoms with van der Waals surface area (Å²) in [6.45, 7) is 2.75. The van der Waals surface area contributed by atoms with Gasteiger partial charge in [-0.15, -0.1) is 0 Å². The zero-order valence-corrected chi connectivity index (χ0v) is 22.5. The molecule has 1 aliphatic heterocycles. The van der Waals surface area contributed by atoms with Crippen LogP contribution in [0.3, 0.4) is 0 Å². The molecule has 0 atom stereocenters. The SMILES string of the molecule is CCOc1cc(/C=C2\SC(=O)N(Cc3ccc(Br)cc3)C2=O)cc(Cl)c1OCc1ccc(Cl)cc1. The monoisotopic (exact) mass is 591 g/mol. The lowest BCUT2D eigenvalue weighted by Crippen LogP contribution is -2.27. The van der Waals surface area contributed by atoms with Gasteiger partial charge >= 0.3 is 0 Å². The van der Waals surface area contributed by atoms with Gasteiger partial charge in [0, 0.05) is 9.50 Å². The van der Waals surface area contributed by atoms with Crippen molar-refractivity contribution < 1.29 is 19.1 Å². The maximum Gasteiger partial charge on any atom is 0.293 e. The van der Waals surface area contributed by atoms with Crippen LogP contribution in [0.4, 0.5) is 4.79 Å². The number of hydrogen-bond donors (Lipinski definition) is 0. The lowest BCUT2D eigenvalue weighted by molar-refractivity contribution is -0.123. The van der Waals surface area contributed by atoms with E-state index in [9.17, 15) is 9.59 Å². The van der Waals surface area contributed by atoms with E-state index in [-0.39, 0.29) is 24.3 Å². The number of thioether (sulfide) groups is 1. The summed E-state index contributed by atoms with van der Waals surface area (Å²) in [7, 11) is 0. The predicted octanol–water partition coefficient (Wildman–Crippen LogP) is 7.97. The normalized spacial score (nSPS) is 14.6. The summed E-state index contributed by atoms with van der Waals surface area (Å²) in [5.41, 5.74) is 2.42. The average Bonchev–Trinajstić information content (AvgIpc) is 3.08. The van der Waals surface area contributed by atoms with Gasteiger partial charge in [-0.25, -0.2) is 0 Å². The lowest BCUT2D eigenvalue weighted by atomic mass is 10.1. The highest BCUT2D eigenvalue weighted by atomic mass is 79.9. The molecule has 0 bridgehead atoms. The quantitative estimate of drug-likeness (QED) is 0.248. The Bertz CT molecular complexity index is 1280. The highest BCUT2D eigenvalue weighted by Crippen LogP contribution is 2.40. The molecule has 35 heavy (non-hydrogen) atoms. The van der Waals surface area contributed by atoms with Gasteiger partial charge in [-0.1, -0.05) is 63.4 Å². The summed E-state index contributed by atoms with van der Waals surface area (Å²) in [6, 6.07) is 18.2. The van der Waals surface area contributed by atoms with E-state index in [4.69, 9.17) is 32.7 Å². The van der Waals surface area contributed by atoms with E-state index in [0.29, 0.717) is 38.6 Å². The number of benzene rings is 3. The first-order chi connectivity index (χ1) is 16.8. The highest BCUT2D eigenvalue weighted by Gasteiger charge is 2.35. The van der Waals surface area contributed by atoms with Crippen LogP contribution in [0.2, 0.25) is 10.0 Å². The number of carbonyl (C=O) groups excluding carboxylic acids is 2. The maximum atomic E-state index is 12.9. The number of halogens is 3. The minimum absolute atomic E-state index is 0.206. The van der Waals surface area contributed by atoms with Gasteiger partial charge < -0.3 is 9.47 Å². The number of carbonyl (C=O) groups is 2. The molecule has 180 valence electrons. The number of amides is 2. The van der Waals surface area contributed by atoms with E-state index < -0.39 is 0 Å². The van der Waals surface area contributed by atoms with E-state index >= 15 is 0 Å². The molecule has 1 saturated heterocycles. The fourth-order valence-corrected chi connectivity index (χ4v) is 4.87. The van der Waals surface area contributed by atoms with Gasteiger partial charge in [0.25, 0.3) is 11.1 Å². The summed E-state index contributed by atoms with van der Waals surface area (Å²) < 4.78 is 12.6. The molecule has 2 amide bonds.